The Labute approximate surface area is 210 Å². The third-order valence-electron chi connectivity index (χ3n) is 5.88. The number of nitrogens with zero attached hydrogens (tertiary/aromatic N) is 1. The standard InChI is InChI=1S/C29H29NO6/c1-3-35-22-15-13-20(14-16-22)27(31)25-26(30(17-8-18-34-2)29(33)28(25)32)21-9-7-12-24(19-21)36-23-10-5-4-6-11-23/h4-7,9-16,19,26,31H,3,8,17-18H2,1-2H3/t26-/m1/s1. The third kappa shape index (κ3) is 5.42. The van der Waals surface area contributed by atoms with Crippen molar-refractivity contribution in [2.75, 3.05) is 26.9 Å². The van der Waals surface area contributed by atoms with Gasteiger partial charge in [-0.3, -0.25) is 9.59 Å². The van der Waals surface area contributed by atoms with E-state index in [4.69, 9.17) is 14.2 Å². The summed E-state index contributed by atoms with van der Waals surface area (Å²) in [6.07, 6.45) is 0.545. The number of likely N-dealkylation sites (tertiary alicyclic amines) is 1. The highest BCUT2D eigenvalue weighted by Gasteiger charge is 2.45. The van der Waals surface area contributed by atoms with Crippen molar-refractivity contribution < 1.29 is 28.9 Å². The zero-order valence-electron chi connectivity index (χ0n) is 20.3. The summed E-state index contributed by atoms with van der Waals surface area (Å²) < 4.78 is 16.6. The molecule has 0 spiro atoms. The number of rotatable bonds is 10. The monoisotopic (exact) mass is 487 g/mol. The summed E-state index contributed by atoms with van der Waals surface area (Å²) in [6.45, 7) is 3.13. The van der Waals surface area contributed by atoms with Crippen molar-refractivity contribution in [3.8, 4) is 17.2 Å². The lowest BCUT2D eigenvalue weighted by Crippen LogP contribution is -2.31. The average molecular weight is 488 g/mol. The molecule has 186 valence electrons. The van der Waals surface area contributed by atoms with Crippen LogP contribution in [0.5, 0.6) is 17.2 Å². The lowest BCUT2D eigenvalue weighted by molar-refractivity contribution is -0.140. The van der Waals surface area contributed by atoms with Crippen LogP contribution >= 0.6 is 0 Å². The molecule has 1 atom stereocenters. The summed E-state index contributed by atoms with van der Waals surface area (Å²) in [5, 5.41) is 11.2. The number of ketones is 1. The number of methoxy groups -OCH3 is 1. The fraction of sp³-hybridized carbons (Fsp3) is 0.241. The quantitative estimate of drug-likeness (QED) is 0.180. The Balaban J connectivity index is 1.76. The Hall–Kier alpha value is -4.10. The summed E-state index contributed by atoms with van der Waals surface area (Å²) in [5.74, 6) is 0.262. The largest absolute Gasteiger partial charge is 0.507 e. The van der Waals surface area contributed by atoms with Crippen molar-refractivity contribution in [1.82, 2.24) is 4.90 Å². The zero-order valence-corrected chi connectivity index (χ0v) is 20.3. The van der Waals surface area contributed by atoms with E-state index in [0.29, 0.717) is 54.6 Å². The van der Waals surface area contributed by atoms with Crippen LogP contribution in [0.15, 0.2) is 84.4 Å². The number of carbonyl (C=O) groups is 2. The molecule has 4 rings (SSSR count). The van der Waals surface area contributed by atoms with Gasteiger partial charge >= 0.3 is 0 Å². The van der Waals surface area contributed by atoms with Gasteiger partial charge in [-0.15, -0.1) is 0 Å². The second-order valence-corrected chi connectivity index (χ2v) is 8.28. The Bertz CT molecular complexity index is 1240. The highest BCUT2D eigenvalue weighted by atomic mass is 16.5. The van der Waals surface area contributed by atoms with E-state index in [9.17, 15) is 14.7 Å². The van der Waals surface area contributed by atoms with Crippen molar-refractivity contribution in [3.63, 3.8) is 0 Å². The molecule has 0 radical (unpaired) electrons. The third-order valence-corrected chi connectivity index (χ3v) is 5.88. The fourth-order valence-corrected chi connectivity index (χ4v) is 4.24. The number of para-hydroxylation sites is 1. The lowest BCUT2D eigenvalue weighted by atomic mass is 9.95. The molecular weight excluding hydrogens is 458 g/mol. The molecule has 0 unspecified atom stereocenters. The number of hydrogen-bond donors (Lipinski definition) is 1. The lowest BCUT2D eigenvalue weighted by Gasteiger charge is -2.25. The molecule has 3 aromatic rings. The summed E-state index contributed by atoms with van der Waals surface area (Å²) in [4.78, 5) is 27.8. The minimum atomic E-state index is -0.771. The molecule has 1 saturated heterocycles. The molecule has 1 fully saturated rings. The predicted octanol–water partition coefficient (Wildman–Crippen LogP) is 5.34. The van der Waals surface area contributed by atoms with Gasteiger partial charge in [0.25, 0.3) is 11.7 Å². The van der Waals surface area contributed by atoms with Crippen molar-refractivity contribution in [2.24, 2.45) is 0 Å². The maximum Gasteiger partial charge on any atom is 0.295 e. The minimum Gasteiger partial charge on any atom is -0.507 e. The summed E-state index contributed by atoms with van der Waals surface area (Å²) >= 11 is 0. The Morgan fingerprint density at radius 1 is 0.917 bits per heavy atom. The first-order valence-electron chi connectivity index (χ1n) is 11.9. The van der Waals surface area contributed by atoms with Crippen molar-refractivity contribution >= 4 is 17.4 Å². The Morgan fingerprint density at radius 2 is 1.64 bits per heavy atom. The molecule has 36 heavy (non-hydrogen) atoms. The van der Waals surface area contributed by atoms with Crippen LogP contribution in [-0.4, -0.2) is 48.6 Å². The summed E-state index contributed by atoms with van der Waals surface area (Å²) in [7, 11) is 1.59. The van der Waals surface area contributed by atoms with E-state index in [1.165, 1.54) is 4.90 Å². The van der Waals surface area contributed by atoms with Crippen LogP contribution in [0.2, 0.25) is 0 Å². The molecule has 1 heterocycles. The topological polar surface area (TPSA) is 85.3 Å². The van der Waals surface area contributed by atoms with Crippen molar-refractivity contribution in [3.05, 3.63) is 95.6 Å². The van der Waals surface area contributed by atoms with Gasteiger partial charge < -0.3 is 24.2 Å². The smallest absolute Gasteiger partial charge is 0.295 e. The number of aliphatic hydroxyl groups is 1. The van der Waals surface area contributed by atoms with Gasteiger partial charge in [0.2, 0.25) is 0 Å². The van der Waals surface area contributed by atoms with E-state index in [-0.39, 0.29) is 11.3 Å². The first-order chi connectivity index (χ1) is 17.5. The van der Waals surface area contributed by atoms with Crippen LogP contribution in [0.1, 0.15) is 30.5 Å². The maximum absolute atomic E-state index is 13.2. The first-order valence-corrected chi connectivity index (χ1v) is 11.9. The molecule has 1 aliphatic heterocycles. The number of benzene rings is 3. The SMILES string of the molecule is CCOc1ccc(C(O)=C2C(=O)C(=O)N(CCCOC)[C@@H]2c2cccc(Oc3ccccc3)c2)cc1. The van der Waals surface area contributed by atoms with E-state index < -0.39 is 17.7 Å². The second-order valence-electron chi connectivity index (χ2n) is 8.28. The molecule has 1 amide bonds. The molecule has 0 aromatic heterocycles. The average Bonchev–Trinajstić information content (AvgIpc) is 3.15. The number of hydrogen-bond acceptors (Lipinski definition) is 6. The van der Waals surface area contributed by atoms with E-state index in [0.717, 1.165) is 0 Å². The molecule has 1 N–H and O–H groups in total. The van der Waals surface area contributed by atoms with Gasteiger partial charge in [0.05, 0.1) is 18.2 Å². The minimum absolute atomic E-state index is 0.0402. The number of Topliss-reactive ketones (excluding diaryl/α,β-unsaturated/α-hetero) is 1. The number of ether oxygens (including phenoxy) is 3. The molecule has 0 aliphatic carbocycles. The van der Waals surface area contributed by atoms with Gasteiger partial charge in [-0.1, -0.05) is 30.3 Å². The van der Waals surface area contributed by atoms with Crippen LogP contribution < -0.4 is 9.47 Å². The van der Waals surface area contributed by atoms with E-state index in [2.05, 4.69) is 0 Å². The van der Waals surface area contributed by atoms with Gasteiger partial charge in [0.15, 0.2) is 0 Å². The predicted molar refractivity (Wildman–Crippen MR) is 136 cm³/mol. The van der Waals surface area contributed by atoms with Gasteiger partial charge in [0.1, 0.15) is 23.0 Å². The highest BCUT2D eigenvalue weighted by molar-refractivity contribution is 6.46. The number of aliphatic hydroxyl groups excluding tert-OH is 1. The summed E-state index contributed by atoms with van der Waals surface area (Å²) in [6, 6.07) is 22.6. The Kier molecular flexibility index (Phi) is 8.02. The van der Waals surface area contributed by atoms with E-state index in [1.54, 1.807) is 49.6 Å². The first kappa shape index (κ1) is 25.0. The van der Waals surface area contributed by atoms with E-state index >= 15 is 0 Å². The molecule has 7 heteroatoms. The second kappa shape index (κ2) is 11.6. The highest BCUT2D eigenvalue weighted by Crippen LogP contribution is 2.40. The number of carbonyl (C=O) groups excluding carboxylic acids is 2. The van der Waals surface area contributed by atoms with Gasteiger partial charge in [-0.05, 0) is 67.4 Å². The fourth-order valence-electron chi connectivity index (χ4n) is 4.24. The van der Waals surface area contributed by atoms with Gasteiger partial charge in [-0.2, -0.15) is 0 Å². The van der Waals surface area contributed by atoms with Crippen LogP contribution in [-0.2, 0) is 14.3 Å². The molecule has 0 bridgehead atoms. The zero-order chi connectivity index (χ0) is 25.5. The van der Waals surface area contributed by atoms with Crippen molar-refractivity contribution in [2.45, 2.75) is 19.4 Å². The van der Waals surface area contributed by atoms with Crippen molar-refractivity contribution in [1.29, 1.82) is 0 Å². The summed E-state index contributed by atoms with van der Waals surface area (Å²) in [5.41, 5.74) is 1.13. The van der Waals surface area contributed by atoms with Crippen LogP contribution in [0.4, 0.5) is 0 Å². The van der Waals surface area contributed by atoms with E-state index in [1.807, 2.05) is 43.3 Å². The molecular formula is C29H29NO6. The molecule has 3 aromatic carbocycles. The molecule has 0 saturated carbocycles. The van der Waals surface area contributed by atoms with Crippen LogP contribution in [0, 0.1) is 0 Å². The number of amides is 1. The van der Waals surface area contributed by atoms with Crippen LogP contribution in [0.25, 0.3) is 5.76 Å². The van der Waals surface area contributed by atoms with Gasteiger partial charge in [-0.25, -0.2) is 0 Å². The molecule has 1 aliphatic rings. The molecule has 7 nitrogen and oxygen atoms in total. The normalized spacial score (nSPS) is 16.8. The van der Waals surface area contributed by atoms with Crippen LogP contribution in [0.3, 0.4) is 0 Å². The van der Waals surface area contributed by atoms with Gasteiger partial charge in [0, 0.05) is 25.8 Å². The maximum atomic E-state index is 13.2. The Morgan fingerprint density at radius 3 is 2.33 bits per heavy atom.